The monoisotopic (exact) mass is 282 g/mol. The molecule has 1 aromatic carbocycles. The van der Waals surface area contributed by atoms with E-state index >= 15 is 0 Å². The number of rotatable bonds is 3. The van der Waals surface area contributed by atoms with E-state index in [1.54, 1.807) is 6.07 Å². The number of hydrogen-bond acceptors (Lipinski definition) is 4. The van der Waals surface area contributed by atoms with Crippen molar-refractivity contribution in [1.29, 1.82) is 0 Å². The lowest BCUT2D eigenvalue weighted by molar-refractivity contribution is -0.274. The zero-order valence-corrected chi connectivity index (χ0v) is 10.0. The molecular formula is C13H9F3N2O2. The fourth-order valence-electron chi connectivity index (χ4n) is 1.65. The number of nitrogens with zero attached hydrogens (tertiary/aromatic N) is 1. The second kappa shape index (κ2) is 5.20. The molecular weight excluding hydrogens is 273 g/mol. The molecule has 2 rings (SSSR count). The smallest absolute Gasteiger partial charge is 0.406 e. The number of nitrogen functional groups attached to an aromatic ring is 1. The first-order valence-electron chi connectivity index (χ1n) is 5.46. The molecule has 0 bridgehead atoms. The Morgan fingerprint density at radius 2 is 2.00 bits per heavy atom. The molecule has 0 aliphatic carbocycles. The Bertz CT molecular complexity index is 642. The van der Waals surface area contributed by atoms with Gasteiger partial charge in [0.15, 0.2) is 6.29 Å². The molecule has 20 heavy (non-hydrogen) atoms. The molecule has 0 spiro atoms. The van der Waals surface area contributed by atoms with Crippen LogP contribution in [0, 0.1) is 0 Å². The number of pyridine rings is 1. The van der Waals surface area contributed by atoms with E-state index in [0.717, 1.165) is 0 Å². The summed E-state index contributed by atoms with van der Waals surface area (Å²) in [5, 5.41) is 0. The number of carbonyl (C=O) groups excluding carboxylic acids is 1. The van der Waals surface area contributed by atoms with Crippen LogP contribution in [0.5, 0.6) is 5.75 Å². The van der Waals surface area contributed by atoms with Crippen molar-refractivity contribution in [1.82, 2.24) is 4.98 Å². The first-order chi connectivity index (χ1) is 9.39. The summed E-state index contributed by atoms with van der Waals surface area (Å²) in [4.78, 5) is 14.5. The lowest BCUT2D eigenvalue weighted by Crippen LogP contribution is -2.17. The van der Waals surface area contributed by atoms with Crippen molar-refractivity contribution in [3.63, 3.8) is 0 Å². The van der Waals surface area contributed by atoms with E-state index in [1.165, 1.54) is 30.5 Å². The van der Waals surface area contributed by atoms with Gasteiger partial charge >= 0.3 is 6.36 Å². The Morgan fingerprint density at radius 1 is 1.25 bits per heavy atom. The van der Waals surface area contributed by atoms with Gasteiger partial charge in [-0.2, -0.15) is 0 Å². The molecule has 2 aromatic rings. The SMILES string of the molecule is Nc1ncc(C=O)cc1-c1cccc(OC(F)(F)F)c1. The second-order valence-electron chi connectivity index (χ2n) is 3.89. The fourth-order valence-corrected chi connectivity index (χ4v) is 1.65. The molecule has 104 valence electrons. The van der Waals surface area contributed by atoms with Crippen LogP contribution >= 0.6 is 0 Å². The van der Waals surface area contributed by atoms with Crippen LogP contribution in [0.4, 0.5) is 19.0 Å². The molecule has 0 aliphatic heterocycles. The highest BCUT2D eigenvalue weighted by molar-refractivity contribution is 5.82. The maximum Gasteiger partial charge on any atom is 0.573 e. The number of benzene rings is 1. The van der Waals surface area contributed by atoms with Gasteiger partial charge in [0.05, 0.1) is 0 Å². The highest BCUT2D eigenvalue weighted by Crippen LogP contribution is 2.30. The van der Waals surface area contributed by atoms with Crippen molar-refractivity contribution in [3.8, 4) is 16.9 Å². The minimum Gasteiger partial charge on any atom is -0.406 e. The molecule has 2 N–H and O–H groups in total. The first-order valence-corrected chi connectivity index (χ1v) is 5.46. The Labute approximate surface area is 112 Å². The molecule has 0 fully saturated rings. The molecule has 0 saturated heterocycles. The van der Waals surface area contributed by atoms with Gasteiger partial charge in [-0.3, -0.25) is 4.79 Å². The minimum atomic E-state index is -4.77. The average molecular weight is 282 g/mol. The summed E-state index contributed by atoms with van der Waals surface area (Å²) < 4.78 is 40.3. The lowest BCUT2D eigenvalue weighted by Gasteiger charge is -2.11. The van der Waals surface area contributed by atoms with E-state index in [2.05, 4.69) is 9.72 Å². The topological polar surface area (TPSA) is 65.2 Å². The van der Waals surface area contributed by atoms with Crippen LogP contribution in [0.25, 0.3) is 11.1 Å². The molecule has 4 nitrogen and oxygen atoms in total. The van der Waals surface area contributed by atoms with Crippen LogP contribution in [0.15, 0.2) is 36.5 Å². The highest BCUT2D eigenvalue weighted by Gasteiger charge is 2.31. The molecule has 0 amide bonds. The number of hydrogen-bond donors (Lipinski definition) is 1. The summed E-state index contributed by atoms with van der Waals surface area (Å²) in [7, 11) is 0. The Balaban J connectivity index is 2.43. The van der Waals surface area contributed by atoms with Gasteiger partial charge in [-0.05, 0) is 23.8 Å². The van der Waals surface area contributed by atoms with E-state index in [-0.39, 0.29) is 17.1 Å². The van der Waals surface area contributed by atoms with E-state index in [4.69, 9.17) is 5.73 Å². The Hall–Kier alpha value is -2.57. The molecule has 0 unspecified atom stereocenters. The largest absolute Gasteiger partial charge is 0.573 e. The van der Waals surface area contributed by atoms with Crippen LogP contribution < -0.4 is 10.5 Å². The number of carbonyl (C=O) groups is 1. The summed E-state index contributed by atoms with van der Waals surface area (Å²) >= 11 is 0. The highest BCUT2D eigenvalue weighted by atomic mass is 19.4. The predicted octanol–water partition coefficient (Wildman–Crippen LogP) is 3.04. The maximum atomic E-state index is 12.2. The van der Waals surface area contributed by atoms with Crippen LogP contribution in [-0.2, 0) is 0 Å². The maximum absolute atomic E-state index is 12.2. The van der Waals surface area contributed by atoms with Crippen LogP contribution in [0.2, 0.25) is 0 Å². The number of alkyl halides is 3. The van der Waals surface area contributed by atoms with Gasteiger partial charge in [0.2, 0.25) is 0 Å². The van der Waals surface area contributed by atoms with Gasteiger partial charge in [0.25, 0.3) is 0 Å². The molecule has 1 heterocycles. The first kappa shape index (κ1) is 13.9. The van der Waals surface area contributed by atoms with Gasteiger partial charge < -0.3 is 10.5 Å². The average Bonchev–Trinajstić information content (AvgIpc) is 2.37. The molecule has 0 saturated carbocycles. The third-order valence-electron chi connectivity index (χ3n) is 2.45. The predicted molar refractivity (Wildman–Crippen MR) is 66.2 cm³/mol. The molecule has 0 radical (unpaired) electrons. The Kier molecular flexibility index (Phi) is 3.60. The van der Waals surface area contributed by atoms with Crippen molar-refractivity contribution in [2.75, 3.05) is 5.73 Å². The lowest BCUT2D eigenvalue weighted by atomic mass is 10.0. The van der Waals surface area contributed by atoms with Gasteiger partial charge in [0, 0.05) is 17.3 Å². The Morgan fingerprint density at radius 3 is 2.65 bits per heavy atom. The van der Waals surface area contributed by atoms with Crippen molar-refractivity contribution in [2.24, 2.45) is 0 Å². The zero-order chi connectivity index (χ0) is 14.8. The second-order valence-corrected chi connectivity index (χ2v) is 3.89. The standard InChI is InChI=1S/C13H9F3N2O2/c14-13(15,16)20-10-3-1-2-9(5-10)11-4-8(7-19)6-18-12(11)17/h1-7H,(H2,17,18). The number of halogens is 3. The van der Waals surface area contributed by atoms with Crippen molar-refractivity contribution >= 4 is 12.1 Å². The van der Waals surface area contributed by atoms with Gasteiger partial charge in [-0.1, -0.05) is 12.1 Å². The van der Waals surface area contributed by atoms with Crippen LogP contribution in [0.1, 0.15) is 10.4 Å². The van der Waals surface area contributed by atoms with Gasteiger partial charge in [-0.25, -0.2) is 4.98 Å². The summed E-state index contributed by atoms with van der Waals surface area (Å²) in [5.74, 6) is -0.259. The normalized spacial score (nSPS) is 11.2. The summed E-state index contributed by atoms with van der Waals surface area (Å²) in [6.45, 7) is 0. The molecule has 0 aliphatic rings. The summed E-state index contributed by atoms with van der Waals surface area (Å²) in [6, 6.07) is 6.73. The third-order valence-corrected chi connectivity index (χ3v) is 2.45. The fraction of sp³-hybridized carbons (Fsp3) is 0.0769. The van der Waals surface area contributed by atoms with E-state index in [9.17, 15) is 18.0 Å². The number of aromatic nitrogens is 1. The summed E-state index contributed by atoms with van der Waals surface area (Å²) in [6.07, 6.45) is -2.92. The molecule has 1 aromatic heterocycles. The quantitative estimate of drug-likeness (QED) is 0.879. The van der Waals surface area contributed by atoms with Gasteiger partial charge in [0.1, 0.15) is 11.6 Å². The number of aldehydes is 1. The van der Waals surface area contributed by atoms with Crippen LogP contribution in [0.3, 0.4) is 0 Å². The molecule has 7 heteroatoms. The summed E-state index contributed by atoms with van der Waals surface area (Å²) in [5.41, 5.74) is 6.68. The van der Waals surface area contributed by atoms with Crippen molar-refractivity contribution in [2.45, 2.75) is 6.36 Å². The molecule has 0 atom stereocenters. The minimum absolute atomic E-state index is 0.111. The van der Waals surface area contributed by atoms with Crippen molar-refractivity contribution < 1.29 is 22.7 Å². The van der Waals surface area contributed by atoms with E-state index in [0.29, 0.717) is 17.4 Å². The number of anilines is 1. The van der Waals surface area contributed by atoms with Gasteiger partial charge in [-0.15, -0.1) is 13.2 Å². The number of nitrogens with two attached hydrogens (primary N) is 1. The zero-order valence-electron chi connectivity index (χ0n) is 10.0. The number of ether oxygens (including phenoxy) is 1. The van der Waals surface area contributed by atoms with E-state index < -0.39 is 6.36 Å². The van der Waals surface area contributed by atoms with Crippen molar-refractivity contribution in [3.05, 3.63) is 42.1 Å². The van der Waals surface area contributed by atoms with Crippen LogP contribution in [-0.4, -0.2) is 17.6 Å². The third kappa shape index (κ3) is 3.25. The van der Waals surface area contributed by atoms with E-state index in [1.807, 2.05) is 0 Å².